The van der Waals surface area contributed by atoms with Gasteiger partial charge in [-0.2, -0.15) is 0 Å². The third-order valence-corrected chi connectivity index (χ3v) is 4.13. The predicted molar refractivity (Wildman–Crippen MR) is 75.3 cm³/mol. The van der Waals surface area contributed by atoms with Gasteiger partial charge < -0.3 is 4.90 Å². The van der Waals surface area contributed by atoms with E-state index in [1.54, 1.807) is 0 Å². The molecule has 1 aliphatic heterocycles. The van der Waals surface area contributed by atoms with Crippen molar-refractivity contribution >= 4 is 17.4 Å². The normalized spacial score (nSPS) is 20.3. The molecule has 1 aliphatic rings. The molecule has 0 saturated carbocycles. The molecule has 1 aromatic heterocycles. The van der Waals surface area contributed by atoms with Gasteiger partial charge in [0, 0.05) is 25.2 Å². The van der Waals surface area contributed by atoms with Crippen molar-refractivity contribution in [1.82, 2.24) is 14.9 Å². The van der Waals surface area contributed by atoms with Crippen molar-refractivity contribution in [2.75, 3.05) is 31.6 Å². The zero-order valence-electron chi connectivity index (χ0n) is 11.4. The molecule has 0 aromatic carbocycles. The number of likely N-dealkylation sites (tertiary alicyclic amines) is 1. The summed E-state index contributed by atoms with van der Waals surface area (Å²) in [5.41, 5.74) is 0.961. The van der Waals surface area contributed by atoms with Crippen molar-refractivity contribution in [3.8, 4) is 0 Å². The summed E-state index contributed by atoms with van der Waals surface area (Å²) in [7, 11) is 2.08. The van der Waals surface area contributed by atoms with Crippen LogP contribution in [0, 0.1) is 6.92 Å². The zero-order chi connectivity index (χ0) is 13.1. The lowest BCUT2D eigenvalue weighted by Crippen LogP contribution is -2.39. The molecule has 100 valence electrons. The molecule has 5 heteroatoms. The maximum atomic E-state index is 6.04. The minimum absolute atomic E-state index is 0.547. The number of hydrogen-bond acceptors (Lipinski definition) is 4. The van der Waals surface area contributed by atoms with E-state index in [4.69, 9.17) is 11.6 Å². The second-order valence-electron chi connectivity index (χ2n) is 4.92. The highest BCUT2D eigenvalue weighted by Gasteiger charge is 2.25. The average molecular weight is 269 g/mol. The number of halogens is 1. The first kappa shape index (κ1) is 13.6. The average Bonchev–Trinajstić information content (AvgIpc) is 2.79. The molecule has 0 spiro atoms. The summed E-state index contributed by atoms with van der Waals surface area (Å²) in [6, 6.07) is 0.633. The number of rotatable bonds is 4. The number of nitrogens with zero attached hydrogens (tertiary/aromatic N) is 4. The Morgan fingerprint density at radius 1 is 1.50 bits per heavy atom. The van der Waals surface area contributed by atoms with E-state index in [1.165, 1.54) is 25.7 Å². The molecule has 1 fully saturated rings. The van der Waals surface area contributed by atoms with Gasteiger partial charge in [0.05, 0.1) is 0 Å². The van der Waals surface area contributed by atoms with Crippen LogP contribution in [0.1, 0.15) is 25.3 Å². The molecule has 0 amide bonds. The van der Waals surface area contributed by atoms with Crippen molar-refractivity contribution < 1.29 is 0 Å². The highest BCUT2D eigenvalue weighted by atomic mass is 35.5. The maximum absolute atomic E-state index is 6.04. The van der Waals surface area contributed by atoms with E-state index in [9.17, 15) is 0 Å². The largest absolute Gasteiger partial charge is 0.358 e. The fourth-order valence-electron chi connectivity index (χ4n) is 2.73. The summed E-state index contributed by atoms with van der Waals surface area (Å²) in [5.74, 6) is 0.943. The van der Waals surface area contributed by atoms with Gasteiger partial charge in [-0.15, -0.1) is 0 Å². The van der Waals surface area contributed by atoms with Crippen molar-refractivity contribution in [2.24, 2.45) is 0 Å². The Morgan fingerprint density at radius 2 is 2.28 bits per heavy atom. The van der Waals surface area contributed by atoms with Crippen molar-refractivity contribution in [2.45, 2.75) is 32.7 Å². The molecule has 0 radical (unpaired) electrons. The monoisotopic (exact) mass is 268 g/mol. The van der Waals surface area contributed by atoms with Crippen molar-refractivity contribution in [3.05, 3.63) is 17.0 Å². The second kappa shape index (κ2) is 5.85. The first-order valence-electron chi connectivity index (χ1n) is 6.55. The fraction of sp³-hybridized carbons (Fsp3) is 0.692. The lowest BCUT2D eigenvalue weighted by Gasteiger charge is -2.29. The van der Waals surface area contributed by atoms with Crippen LogP contribution in [0.3, 0.4) is 0 Å². The highest BCUT2D eigenvalue weighted by molar-refractivity contribution is 6.30. The Kier molecular flexibility index (Phi) is 4.40. The van der Waals surface area contributed by atoms with Gasteiger partial charge in [0.2, 0.25) is 0 Å². The minimum atomic E-state index is 0.547. The Bertz CT molecular complexity index is 410. The lowest BCUT2D eigenvalue weighted by molar-refractivity contribution is 0.270. The lowest BCUT2D eigenvalue weighted by atomic mass is 10.2. The molecular weight excluding hydrogens is 248 g/mol. The van der Waals surface area contributed by atoms with Gasteiger partial charge in [-0.05, 0) is 32.9 Å². The third kappa shape index (κ3) is 2.75. The Morgan fingerprint density at radius 3 is 3.00 bits per heavy atom. The van der Waals surface area contributed by atoms with Gasteiger partial charge in [-0.25, -0.2) is 9.97 Å². The SMILES string of the molecule is CCN1CCCC1CN(C)c1ncnc(Cl)c1C. The van der Waals surface area contributed by atoms with Crippen LogP contribution in [0.4, 0.5) is 5.82 Å². The zero-order valence-corrected chi connectivity index (χ0v) is 12.1. The van der Waals surface area contributed by atoms with Crippen LogP contribution in [0.25, 0.3) is 0 Å². The van der Waals surface area contributed by atoms with Crippen molar-refractivity contribution in [3.63, 3.8) is 0 Å². The van der Waals surface area contributed by atoms with Crippen LogP contribution < -0.4 is 4.90 Å². The van der Waals surface area contributed by atoms with Gasteiger partial charge in [0.15, 0.2) is 0 Å². The highest BCUT2D eigenvalue weighted by Crippen LogP contribution is 2.23. The second-order valence-corrected chi connectivity index (χ2v) is 5.28. The van der Waals surface area contributed by atoms with E-state index in [0.717, 1.165) is 24.5 Å². The van der Waals surface area contributed by atoms with E-state index < -0.39 is 0 Å². The topological polar surface area (TPSA) is 32.3 Å². The minimum Gasteiger partial charge on any atom is -0.358 e. The quantitative estimate of drug-likeness (QED) is 0.785. The van der Waals surface area contributed by atoms with Crippen LogP contribution in [0.15, 0.2) is 6.33 Å². The van der Waals surface area contributed by atoms with Gasteiger partial charge in [0.25, 0.3) is 0 Å². The molecule has 1 atom stereocenters. The number of aromatic nitrogens is 2. The molecule has 2 heterocycles. The van der Waals surface area contributed by atoms with Gasteiger partial charge in [0.1, 0.15) is 17.3 Å². The fourth-order valence-corrected chi connectivity index (χ4v) is 2.85. The van der Waals surface area contributed by atoms with E-state index in [1.807, 2.05) is 6.92 Å². The van der Waals surface area contributed by atoms with Gasteiger partial charge in [-0.3, -0.25) is 4.90 Å². The molecule has 0 aliphatic carbocycles. The summed E-state index contributed by atoms with van der Waals surface area (Å²) in [6.45, 7) is 7.55. The van der Waals surface area contributed by atoms with E-state index in [-0.39, 0.29) is 0 Å². The molecular formula is C13H21ClN4. The summed E-state index contributed by atoms with van der Waals surface area (Å²) >= 11 is 6.04. The molecule has 0 N–H and O–H groups in total. The Labute approximate surface area is 114 Å². The molecule has 0 bridgehead atoms. The molecule has 4 nitrogen and oxygen atoms in total. The summed E-state index contributed by atoms with van der Waals surface area (Å²) < 4.78 is 0. The van der Waals surface area contributed by atoms with Crippen LogP contribution >= 0.6 is 11.6 Å². The van der Waals surface area contributed by atoms with Crippen LogP contribution in [-0.2, 0) is 0 Å². The van der Waals surface area contributed by atoms with Crippen LogP contribution in [-0.4, -0.2) is 47.6 Å². The maximum Gasteiger partial charge on any atom is 0.137 e. The summed E-state index contributed by atoms with van der Waals surface area (Å²) in [4.78, 5) is 13.1. The first-order valence-corrected chi connectivity index (χ1v) is 6.93. The van der Waals surface area contributed by atoms with E-state index in [2.05, 4.69) is 33.7 Å². The first-order chi connectivity index (χ1) is 8.63. The molecule has 18 heavy (non-hydrogen) atoms. The molecule has 2 rings (SSSR count). The van der Waals surface area contributed by atoms with Crippen molar-refractivity contribution in [1.29, 1.82) is 0 Å². The molecule has 1 aromatic rings. The van der Waals surface area contributed by atoms with E-state index in [0.29, 0.717) is 11.2 Å². The van der Waals surface area contributed by atoms with E-state index >= 15 is 0 Å². The smallest absolute Gasteiger partial charge is 0.137 e. The van der Waals surface area contributed by atoms with Crippen LogP contribution in [0.5, 0.6) is 0 Å². The van der Waals surface area contributed by atoms with Gasteiger partial charge in [-0.1, -0.05) is 18.5 Å². The number of anilines is 1. The predicted octanol–water partition coefficient (Wildman–Crippen LogP) is 2.36. The molecule has 1 saturated heterocycles. The number of hydrogen-bond donors (Lipinski definition) is 0. The number of likely N-dealkylation sites (N-methyl/N-ethyl adjacent to an activating group) is 2. The van der Waals surface area contributed by atoms with Gasteiger partial charge >= 0.3 is 0 Å². The third-order valence-electron chi connectivity index (χ3n) is 3.75. The summed E-state index contributed by atoms with van der Waals surface area (Å²) in [5, 5.41) is 0.547. The Hall–Kier alpha value is -0.870. The Balaban J connectivity index is 2.07. The molecule has 1 unspecified atom stereocenters. The summed E-state index contributed by atoms with van der Waals surface area (Å²) in [6.07, 6.45) is 4.11. The standard InChI is InChI=1S/C13H21ClN4/c1-4-18-7-5-6-11(18)8-17(3)13-10(2)12(14)15-9-16-13/h9,11H,4-8H2,1-3H3. The van der Waals surface area contributed by atoms with Crippen LogP contribution in [0.2, 0.25) is 5.15 Å².